The molecule has 0 radical (unpaired) electrons. The van der Waals surface area contributed by atoms with Crippen molar-refractivity contribution in [2.75, 3.05) is 0 Å². The largest absolute Gasteiger partial charge is 0.473 e. The molecule has 0 saturated carbocycles. The molecule has 1 heteroatoms. The number of allylic oxidation sites excluding steroid dienone is 2. The quantitative estimate of drug-likeness (QED) is 0.541. The molecule has 0 spiro atoms. The molecule has 0 amide bonds. The smallest absolute Gasteiger partial charge is 0.0861 e. The molecule has 1 nitrogen and oxygen atoms in total. The van der Waals surface area contributed by atoms with Crippen molar-refractivity contribution in [1.82, 2.24) is 0 Å². The summed E-state index contributed by atoms with van der Waals surface area (Å²) in [4.78, 5) is 0. The second-order valence-corrected chi connectivity index (χ2v) is 7.08. The van der Waals surface area contributed by atoms with E-state index in [0.717, 1.165) is 12.8 Å². The molecular weight excluding hydrogens is 208 g/mol. The van der Waals surface area contributed by atoms with Crippen LogP contribution in [0.5, 0.6) is 0 Å². The Balaban J connectivity index is 3.50. The molecule has 100 valence electrons. The normalized spacial score (nSPS) is 13.8. The van der Waals surface area contributed by atoms with E-state index in [1.807, 2.05) is 0 Å². The summed E-state index contributed by atoms with van der Waals surface area (Å²) in [5.41, 5.74) is 0.819. The summed E-state index contributed by atoms with van der Waals surface area (Å²) in [6.07, 6.45) is 12.3. The lowest BCUT2D eigenvalue weighted by atomic mass is 9.91. The molecule has 0 saturated heterocycles. The van der Waals surface area contributed by atoms with Gasteiger partial charge in [0.05, 0.1) is 12.5 Å². The second-order valence-electron chi connectivity index (χ2n) is 7.08. The van der Waals surface area contributed by atoms with Crippen molar-refractivity contribution < 1.29 is 4.74 Å². The van der Waals surface area contributed by atoms with Crippen molar-refractivity contribution in [3.8, 4) is 0 Å². The van der Waals surface area contributed by atoms with Gasteiger partial charge in [0, 0.05) is 0 Å². The number of hydrogen-bond donors (Lipinski definition) is 0. The van der Waals surface area contributed by atoms with Crippen LogP contribution in [0.4, 0.5) is 0 Å². The van der Waals surface area contributed by atoms with Gasteiger partial charge in [-0.05, 0) is 48.7 Å². The van der Waals surface area contributed by atoms with Crippen molar-refractivity contribution in [1.29, 1.82) is 0 Å². The van der Waals surface area contributed by atoms with E-state index in [4.69, 9.17) is 4.74 Å². The van der Waals surface area contributed by atoms with E-state index < -0.39 is 0 Å². The molecule has 17 heavy (non-hydrogen) atoms. The minimum absolute atomic E-state index is 0.410. The van der Waals surface area contributed by atoms with Gasteiger partial charge in [0.15, 0.2) is 0 Å². The highest BCUT2D eigenvalue weighted by molar-refractivity contribution is 4.82. The predicted octanol–water partition coefficient (Wildman–Crippen LogP) is 5.68. The average Bonchev–Trinajstić information content (AvgIpc) is 2.11. The van der Waals surface area contributed by atoms with Crippen molar-refractivity contribution in [3.63, 3.8) is 0 Å². The maximum Gasteiger partial charge on any atom is 0.0861 e. The summed E-state index contributed by atoms with van der Waals surface area (Å²) >= 11 is 0. The van der Waals surface area contributed by atoms with Gasteiger partial charge < -0.3 is 4.74 Å². The Morgan fingerprint density at radius 3 is 1.35 bits per heavy atom. The Kier molecular flexibility index (Phi) is 7.26. The van der Waals surface area contributed by atoms with E-state index in [0.29, 0.717) is 10.8 Å². The molecule has 0 aromatic heterocycles. The van der Waals surface area contributed by atoms with Gasteiger partial charge in [0.1, 0.15) is 0 Å². The zero-order valence-electron chi connectivity index (χ0n) is 12.5. The second kappa shape index (κ2) is 7.58. The SMILES string of the molecule is CC(C)(C)CCC=COC=CCCC(C)(C)C. The Labute approximate surface area is 108 Å². The maximum atomic E-state index is 5.30. The first-order chi connectivity index (χ1) is 7.71. The lowest BCUT2D eigenvalue weighted by molar-refractivity contribution is 0.367. The van der Waals surface area contributed by atoms with Crippen LogP contribution in [0.15, 0.2) is 24.7 Å². The van der Waals surface area contributed by atoms with Gasteiger partial charge >= 0.3 is 0 Å². The van der Waals surface area contributed by atoms with Gasteiger partial charge in [-0.25, -0.2) is 0 Å². The summed E-state index contributed by atoms with van der Waals surface area (Å²) in [5.74, 6) is 0. The van der Waals surface area contributed by atoms with Crippen molar-refractivity contribution >= 4 is 0 Å². The Hall–Kier alpha value is -0.720. The minimum atomic E-state index is 0.410. The van der Waals surface area contributed by atoms with Crippen LogP contribution in [0.2, 0.25) is 0 Å². The summed E-state index contributed by atoms with van der Waals surface area (Å²) in [6.45, 7) is 13.5. The monoisotopic (exact) mass is 238 g/mol. The van der Waals surface area contributed by atoms with Gasteiger partial charge in [0.25, 0.3) is 0 Å². The molecule has 0 unspecified atom stereocenters. The third kappa shape index (κ3) is 15.3. The Bertz CT molecular complexity index is 209. The van der Waals surface area contributed by atoms with Gasteiger partial charge in [0.2, 0.25) is 0 Å². The number of ether oxygens (including phenoxy) is 1. The minimum Gasteiger partial charge on any atom is -0.473 e. The predicted molar refractivity (Wildman–Crippen MR) is 76.7 cm³/mol. The van der Waals surface area contributed by atoms with Crippen LogP contribution in [0.1, 0.15) is 67.2 Å². The van der Waals surface area contributed by atoms with Crippen molar-refractivity contribution in [2.45, 2.75) is 67.2 Å². The lowest BCUT2D eigenvalue weighted by Gasteiger charge is -2.16. The topological polar surface area (TPSA) is 9.23 Å². The van der Waals surface area contributed by atoms with Gasteiger partial charge in [-0.2, -0.15) is 0 Å². The average molecular weight is 238 g/mol. The van der Waals surface area contributed by atoms with Crippen LogP contribution in [0, 0.1) is 10.8 Å². The molecule has 0 atom stereocenters. The maximum absolute atomic E-state index is 5.30. The van der Waals surface area contributed by atoms with E-state index >= 15 is 0 Å². The first-order valence-electron chi connectivity index (χ1n) is 6.66. The molecule has 0 aliphatic heterocycles. The zero-order chi connectivity index (χ0) is 13.4. The van der Waals surface area contributed by atoms with E-state index in [1.165, 1.54) is 12.8 Å². The van der Waals surface area contributed by atoms with Crippen LogP contribution in [-0.2, 0) is 4.74 Å². The van der Waals surface area contributed by atoms with E-state index in [2.05, 4.69) is 53.7 Å². The van der Waals surface area contributed by atoms with Crippen LogP contribution < -0.4 is 0 Å². The molecule has 0 heterocycles. The van der Waals surface area contributed by atoms with E-state index in [-0.39, 0.29) is 0 Å². The lowest BCUT2D eigenvalue weighted by Crippen LogP contribution is -2.03. The first-order valence-corrected chi connectivity index (χ1v) is 6.66. The van der Waals surface area contributed by atoms with Crippen LogP contribution in [-0.4, -0.2) is 0 Å². The van der Waals surface area contributed by atoms with Gasteiger partial charge in [-0.3, -0.25) is 0 Å². The fraction of sp³-hybridized carbons (Fsp3) is 0.750. The van der Waals surface area contributed by atoms with Gasteiger partial charge in [-0.15, -0.1) is 0 Å². The van der Waals surface area contributed by atoms with Crippen LogP contribution in [0.25, 0.3) is 0 Å². The molecule has 0 bridgehead atoms. The Morgan fingerprint density at radius 2 is 1.06 bits per heavy atom. The highest BCUT2D eigenvalue weighted by Gasteiger charge is 2.08. The highest BCUT2D eigenvalue weighted by atomic mass is 16.5. The van der Waals surface area contributed by atoms with Crippen LogP contribution >= 0.6 is 0 Å². The third-order valence-electron chi connectivity index (χ3n) is 2.47. The fourth-order valence-corrected chi connectivity index (χ4v) is 1.33. The summed E-state index contributed by atoms with van der Waals surface area (Å²) in [7, 11) is 0. The number of hydrogen-bond acceptors (Lipinski definition) is 1. The molecule has 0 aromatic carbocycles. The first kappa shape index (κ1) is 16.3. The highest BCUT2D eigenvalue weighted by Crippen LogP contribution is 2.21. The number of rotatable bonds is 6. The Morgan fingerprint density at radius 1 is 0.706 bits per heavy atom. The van der Waals surface area contributed by atoms with E-state index in [9.17, 15) is 0 Å². The third-order valence-corrected chi connectivity index (χ3v) is 2.47. The molecule has 0 aromatic rings. The molecule has 0 aliphatic rings. The van der Waals surface area contributed by atoms with Crippen molar-refractivity contribution in [3.05, 3.63) is 24.7 Å². The standard InChI is InChI=1S/C16H30O/c1-15(2,3)11-7-9-13-17-14-10-8-12-16(4,5)6/h9-10,13-14H,7-8,11-12H2,1-6H3. The summed E-state index contributed by atoms with van der Waals surface area (Å²) in [6, 6.07) is 0. The molecule has 0 fully saturated rings. The van der Waals surface area contributed by atoms with E-state index in [1.54, 1.807) is 12.5 Å². The summed E-state index contributed by atoms with van der Waals surface area (Å²) < 4.78 is 5.30. The molecular formula is C16H30O. The van der Waals surface area contributed by atoms with Crippen molar-refractivity contribution in [2.24, 2.45) is 10.8 Å². The van der Waals surface area contributed by atoms with Crippen LogP contribution in [0.3, 0.4) is 0 Å². The zero-order valence-corrected chi connectivity index (χ0v) is 12.5. The van der Waals surface area contributed by atoms with Gasteiger partial charge in [-0.1, -0.05) is 41.5 Å². The fourth-order valence-electron chi connectivity index (χ4n) is 1.33. The molecule has 0 N–H and O–H groups in total. The molecule has 0 aliphatic carbocycles. The molecule has 0 rings (SSSR count). The summed E-state index contributed by atoms with van der Waals surface area (Å²) in [5, 5.41) is 0.